The van der Waals surface area contributed by atoms with Crippen LogP contribution in [0.5, 0.6) is 0 Å². The van der Waals surface area contributed by atoms with Gasteiger partial charge in [0.15, 0.2) is 5.78 Å². The first kappa shape index (κ1) is 28.0. The van der Waals surface area contributed by atoms with Gasteiger partial charge < -0.3 is 9.30 Å². The van der Waals surface area contributed by atoms with E-state index in [1.165, 1.54) is 5.56 Å². The number of ketones is 1. The van der Waals surface area contributed by atoms with Crippen LogP contribution in [0.1, 0.15) is 94.9 Å². The van der Waals surface area contributed by atoms with Gasteiger partial charge in [0.05, 0.1) is 12.0 Å². The third-order valence-electron chi connectivity index (χ3n) is 6.52. The lowest BCUT2D eigenvalue weighted by Crippen LogP contribution is -2.31. The van der Waals surface area contributed by atoms with Crippen molar-refractivity contribution in [1.29, 1.82) is 0 Å². The molecule has 36 heavy (non-hydrogen) atoms. The molecule has 1 heterocycles. The molecule has 1 aromatic heterocycles. The van der Waals surface area contributed by atoms with Gasteiger partial charge in [0.2, 0.25) is 0 Å². The van der Waals surface area contributed by atoms with E-state index in [1.807, 2.05) is 45.0 Å². The van der Waals surface area contributed by atoms with Gasteiger partial charge in [-0.15, -0.1) is 0 Å². The highest BCUT2D eigenvalue weighted by Gasteiger charge is 2.35. The Balaban J connectivity index is 2.31. The summed E-state index contributed by atoms with van der Waals surface area (Å²) >= 11 is 6.14. The van der Waals surface area contributed by atoms with Crippen molar-refractivity contribution in [1.82, 2.24) is 4.57 Å². The molecule has 0 radical (unpaired) electrons. The second-order valence-electron chi connectivity index (χ2n) is 11.9. The highest BCUT2D eigenvalue weighted by Crippen LogP contribution is 2.37. The van der Waals surface area contributed by atoms with E-state index in [4.69, 9.17) is 16.3 Å². The van der Waals surface area contributed by atoms with Crippen molar-refractivity contribution in [3.05, 3.63) is 69.9 Å². The number of carbonyl (C=O) groups excluding carboxylic acids is 2. The number of aromatic nitrogens is 1. The van der Waals surface area contributed by atoms with Gasteiger partial charge in [-0.1, -0.05) is 64.4 Å². The molecule has 4 nitrogen and oxygen atoms in total. The summed E-state index contributed by atoms with van der Waals surface area (Å²) in [7, 11) is 0. The van der Waals surface area contributed by atoms with Gasteiger partial charge in [-0.05, 0) is 67.5 Å². The van der Waals surface area contributed by atoms with E-state index in [1.54, 1.807) is 0 Å². The second kappa shape index (κ2) is 10.8. The van der Waals surface area contributed by atoms with Crippen LogP contribution < -0.4 is 0 Å². The number of Topliss-reactive ketones (excluding diaryl/α,β-unsaturated/α-hetero) is 1. The zero-order valence-corrected chi connectivity index (χ0v) is 23.8. The van der Waals surface area contributed by atoms with E-state index in [9.17, 15) is 9.59 Å². The van der Waals surface area contributed by atoms with E-state index in [-0.39, 0.29) is 17.2 Å². The average Bonchev–Trinajstić information content (AvgIpc) is 3.06. The number of hydrogen-bond donors (Lipinski definition) is 0. The molecular weight excluding hydrogens is 470 g/mol. The van der Waals surface area contributed by atoms with Crippen molar-refractivity contribution in [2.24, 2.45) is 10.8 Å². The standard InChI is InChI=1S/C31H40ClNO3/c1-9-36-29(35)31(7,8)17-26-28(27(34)18-30(4,5)6)24-16-22(20(2)3)12-15-25(24)33(26)19-21-10-13-23(32)14-11-21/h10-16,20H,9,17-19H2,1-8H3. The van der Waals surface area contributed by atoms with Gasteiger partial charge in [-0.25, -0.2) is 0 Å². The molecule has 0 saturated heterocycles. The van der Waals surface area contributed by atoms with Crippen LogP contribution in [0.25, 0.3) is 10.9 Å². The number of rotatable bonds is 9. The molecule has 0 N–H and O–H groups in total. The van der Waals surface area contributed by atoms with Crippen molar-refractivity contribution < 1.29 is 14.3 Å². The zero-order chi connectivity index (χ0) is 26.8. The van der Waals surface area contributed by atoms with Crippen LogP contribution in [0.4, 0.5) is 0 Å². The fourth-order valence-corrected chi connectivity index (χ4v) is 4.75. The zero-order valence-electron chi connectivity index (χ0n) is 23.0. The predicted octanol–water partition coefficient (Wildman–Crippen LogP) is 8.22. The Hall–Kier alpha value is -2.59. The SMILES string of the molecule is CCOC(=O)C(C)(C)Cc1c(C(=O)CC(C)(C)C)c2cc(C(C)C)ccc2n1Cc1ccc(Cl)cc1. The van der Waals surface area contributed by atoms with Crippen LogP contribution in [0.2, 0.25) is 5.02 Å². The number of benzene rings is 2. The predicted molar refractivity (Wildman–Crippen MR) is 149 cm³/mol. The molecule has 0 fully saturated rings. The summed E-state index contributed by atoms with van der Waals surface area (Å²) in [4.78, 5) is 26.8. The van der Waals surface area contributed by atoms with Crippen molar-refractivity contribution in [3.8, 4) is 0 Å². The van der Waals surface area contributed by atoms with Crippen molar-refractivity contribution in [3.63, 3.8) is 0 Å². The van der Waals surface area contributed by atoms with E-state index >= 15 is 0 Å². The van der Waals surface area contributed by atoms with Crippen molar-refractivity contribution in [2.45, 2.75) is 80.7 Å². The van der Waals surface area contributed by atoms with Gasteiger partial charge in [-0.3, -0.25) is 9.59 Å². The lowest BCUT2D eigenvalue weighted by atomic mass is 9.83. The summed E-state index contributed by atoms with van der Waals surface area (Å²) in [6.45, 7) is 17.1. The summed E-state index contributed by atoms with van der Waals surface area (Å²) in [5.41, 5.74) is 3.93. The monoisotopic (exact) mass is 509 g/mol. The molecule has 3 aromatic rings. The molecular formula is C31H40ClNO3. The van der Waals surface area contributed by atoms with Gasteiger partial charge >= 0.3 is 5.97 Å². The molecule has 5 heteroatoms. The molecule has 0 atom stereocenters. The Kier molecular flexibility index (Phi) is 8.40. The number of hydrogen-bond acceptors (Lipinski definition) is 3. The highest BCUT2D eigenvalue weighted by atomic mass is 35.5. The minimum atomic E-state index is -0.792. The molecule has 0 aliphatic carbocycles. The maximum absolute atomic E-state index is 13.9. The maximum atomic E-state index is 13.9. The van der Waals surface area contributed by atoms with Crippen LogP contribution in [-0.4, -0.2) is 22.9 Å². The molecule has 2 aromatic carbocycles. The topological polar surface area (TPSA) is 48.3 Å². The van der Waals surface area contributed by atoms with Gasteiger partial charge in [0.25, 0.3) is 0 Å². The van der Waals surface area contributed by atoms with Gasteiger partial charge in [0, 0.05) is 46.6 Å². The lowest BCUT2D eigenvalue weighted by Gasteiger charge is -2.25. The third kappa shape index (κ3) is 6.39. The number of nitrogens with zero attached hydrogens (tertiary/aromatic N) is 1. The quantitative estimate of drug-likeness (QED) is 0.215. The van der Waals surface area contributed by atoms with Crippen LogP contribution in [0, 0.1) is 10.8 Å². The van der Waals surface area contributed by atoms with Crippen LogP contribution in [-0.2, 0) is 22.5 Å². The summed E-state index contributed by atoms with van der Waals surface area (Å²) < 4.78 is 7.62. The van der Waals surface area contributed by atoms with Crippen molar-refractivity contribution >= 4 is 34.3 Å². The van der Waals surface area contributed by atoms with E-state index in [0.717, 1.165) is 27.7 Å². The smallest absolute Gasteiger partial charge is 0.311 e. The Labute approximate surface area is 221 Å². The molecule has 0 amide bonds. The molecule has 3 rings (SSSR count). The Morgan fingerprint density at radius 2 is 1.64 bits per heavy atom. The number of fused-ring (bicyclic) bond motifs is 1. The number of halogens is 1. The third-order valence-corrected chi connectivity index (χ3v) is 6.77. The lowest BCUT2D eigenvalue weighted by molar-refractivity contribution is -0.153. The van der Waals surface area contributed by atoms with Crippen molar-refractivity contribution in [2.75, 3.05) is 6.61 Å². The fourth-order valence-electron chi connectivity index (χ4n) is 4.62. The number of carbonyl (C=O) groups is 2. The maximum Gasteiger partial charge on any atom is 0.311 e. The molecule has 0 spiro atoms. The Morgan fingerprint density at radius 1 is 1.00 bits per heavy atom. The molecule has 0 bridgehead atoms. The van der Waals surface area contributed by atoms with Crippen LogP contribution in [0.3, 0.4) is 0 Å². The van der Waals surface area contributed by atoms with E-state index in [2.05, 4.69) is 57.4 Å². The first-order valence-electron chi connectivity index (χ1n) is 12.8. The average molecular weight is 510 g/mol. The summed E-state index contributed by atoms with van der Waals surface area (Å²) in [6, 6.07) is 14.2. The van der Waals surface area contributed by atoms with Crippen LogP contribution in [0.15, 0.2) is 42.5 Å². The molecule has 194 valence electrons. The first-order chi connectivity index (χ1) is 16.7. The highest BCUT2D eigenvalue weighted by molar-refractivity contribution is 6.30. The number of esters is 1. The number of ether oxygens (including phenoxy) is 1. The molecule has 0 aliphatic heterocycles. The minimum absolute atomic E-state index is 0.109. The van der Waals surface area contributed by atoms with Gasteiger partial charge in [0.1, 0.15) is 0 Å². The molecule has 0 aliphatic rings. The van der Waals surface area contributed by atoms with Crippen LogP contribution >= 0.6 is 11.6 Å². The summed E-state index contributed by atoms with van der Waals surface area (Å²) in [5.74, 6) is 0.183. The summed E-state index contributed by atoms with van der Waals surface area (Å²) in [5, 5.41) is 1.64. The first-order valence-corrected chi connectivity index (χ1v) is 13.2. The molecule has 0 saturated carbocycles. The fraction of sp³-hybridized carbons (Fsp3) is 0.484. The van der Waals surface area contributed by atoms with Gasteiger partial charge in [-0.2, -0.15) is 0 Å². The Bertz CT molecular complexity index is 1240. The second-order valence-corrected chi connectivity index (χ2v) is 12.3. The molecule has 0 unspecified atom stereocenters. The Morgan fingerprint density at radius 3 is 2.19 bits per heavy atom. The minimum Gasteiger partial charge on any atom is -0.466 e. The summed E-state index contributed by atoms with van der Waals surface area (Å²) in [6.07, 6.45) is 0.822. The van der Waals surface area contributed by atoms with E-state index in [0.29, 0.717) is 36.9 Å². The normalized spacial score (nSPS) is 12.4. The van der Waals surface area contributed by atoms with E-state index < -0.39 is 5.41 Å². The largest absolute Gasteiger partial charge is 0.466 e.